The molecule has 2 aliphatic rings. The second kappa shape index (κ2) is 4.17. The molecule has 1 aromatic rings. The van der Waals surface area contributed by atoms with E-state index in [1.54, 1.807) is 6.20 Å². The molecule has 5 heteroatoms. The summed E-state index contributed by atoms with van der Waals surface area (Å²) in [7, 11) is 0. The van der Waals surface area contributed by atoms with Crippen LogP contribution in [-0.2, 0) is 0 Å². The van der Waals surface area contributed by atoms with Crippen molar-refractivity contribution in [1.29, 1.82) is 5.41 Å². The van der Waals surface area contributed by atoms with E-state index in [1.807, 2.05) is 0 Å². The van der Waals surface area contributed by atoms with Gasteiger partial charge in [0.25, 0.3) is 0 Å². The molecule has 1 aromatic heterocycles. The van der Waals surface area contributed by atoms with Crippen LogP contribution < -0.4 is 10.5 Å². The molecule has 5 nitrogen and oxygen atoms in total. The van der Waals surface area contributed by atoms with Gasteiger partial charge in [0.15, 0.2) is 0 Å². The molecule has 20 heavy (non-hydrogen) atoms. The van der Waals surface area contributed by atoms with Crippen molar-refractivity contribution in [2.24, 2.45) is 22.5 Å². The third kappa shape index (κ3) is 1.72. The van der Waals surface area contributed by atoms with Gasteiger partial charge >= 0.3 is 0 Å². The molecule has 0 aromatic carbocycles. The lowest BCUT2D eigenvalue weighted by Gasteiger charge is -2.38. The number of rotatable bonds is 3. The van der Waals surface area contributed by atoms with Crippen LogP contribution in [0.4, 0.5) is 0 Å². The Kier molecular flexibility index (Phi) is 2.78. The molecule has 2 aliphatic carbocycles. The Hall–Kier alpha value is -1.65. The lowest BCUT2D eigenvalue weighted by atomic mass is 9.70. The van der Waals surface area contributed by atoms with Crippen molar-refractivity contribution in [3.63, 3.8) is 0 Å². The third-order valence-corrected chi connectivity index (χ3v) is 5.88. The van der Waals surface area contributed by atoms with Gasteiger partial charge in [-0.25, -0.2) is 9.97 Å². The zero-order valence-electron chi connectivity index (χ0n) is 12.3. The molecular weight excluding hydrogens is 252 g/mol. The fourth-order valence-electron chi connectivity index (χ4n) is 3.97. The number of nitrogens with zero attached hydrogens (tertiary/aromatic N) is 2. The van der Waals surface area contributed by atoms with E-state index in [1.165, 1.54) is 19.0 Å². The van der Waals surface area contributed by atoms with Crippen LogP contribution in [0.2, 0.25) is 0 Å². The minimum absolute atomic E-state index is 0.0722. The van der Waals surface area contributed by atoms with Gasteiger partial charge in [-0.15, -0.1) is 0 Å². The van der Waals surface area contributed by atoms with Crippen LogP contribution in [0.25, 0.3) is 0 Å². The maximum Gasteiger partial charge on any atom is 0.232 e. The second-order valence-electron chi connectivity index (χ2n) is 6.87. The molecule has 3 unspecified atom stereocenters. The number of aromatic nitrogens is 2. The van der Waals surface area contributed by atoms with Crippen molar-refractivity contribution in [2.75, 3.05) is 0 Å². The Bertz CT molecular complexity index is 539. The Balaban J connectivity index is 1.78. The van der Waals surface area contributed by atoms with E-state index in [-0.39, 0.29) is 17.4 Å². The van der Waals surface area contributed by atoms with Crippen molar-refractivity contribution < 1.29 is 4.74 Å². The molecule has 0 spiro atoms. The van der Waals surface area contributed by atoms with Crippen LogP contribution in [0.15, 0.2) is 12.4 Å². The predicted molar refractivity (Wildman–Crippen MR) is 76.7 cm³/mol. The summed E-state index contributed by atoms with van der Waals surface area (Å²) in [6, 6.07) is 0. The van der Waals surface area contributed by atoms with Gasteiger partial charge in [0, 0.05) is 5.41 Å². The largest absolute Gasteiger partial charge is 0.473 e. The second-order valence-corrected chi connectivity index (χ2v) is 6.87. The van der Waals surface area contributed by atoms with Gasteiger partial charge in [-0.1, -0.05) is 20.8 Å². The number of fused-ring (bicyclic) bond motifs is 2. The lowest BCUT2D eigenvalue weighted by Crippen LogP contribution is -2.39. The summed E-state index contributed by atoms with van der Waals surface area (Å²) in [5.41, 5.74) is 6.29. The highest BCUT2D eigenvalue weighted by molar-refractivity contribution is 5.92. The molecule has 0 aliphatic heterocycles. The first-order chi connectivity index (χ1) is 9.34. The van der Waals surface area contributed by atoms with Crippen LogP contribution in [-0.4, -0.2) is 21.9 Å². The molecule has 0 radical (unpaired) electrons. The van der Waals surface area contributed by atoms with E-state index >= 15 is 0 Å². The molecule has 2 bridgehead atoms. The summed E-state index contributed by atoms with van der Waals surface area (Å²) >= 11 is 0. The standard InChI is InChI=1S/C15H22N4O/c1-14(2)9-4-5-15(14,3)11(6-9)20-12-8-18-10(7-19-12)13(16)17/h7-9,11H,4-6H2,1-3H3,(H3,16,17). The molecule has 2 fully saturated rings. The van der Waals surface area contributed by atoms with Gasteiger partial charge in [-0.05, 0) is 30.6 Å². The number of hydrogen-bond acceptors (Lipinski definition) is 4. The first-order valence-corrected chi connectivity index (χ1v) is 7.18. The highest BCUT2D eigenvalue weighted by Gasteiger charge is 2.62. The van der Waals surface area contributed by atoms with E-state index in [0.717, 1.165) is 12.3 Å². The Morgan fingerprint density at radius 2 is 2.10 bits per heavy atom. The number of nitrogens with two attached hydrogens (primary N) is 1. The minimum atomic E-state index is -0.0722. The van der Waals surface area contributed by atoms with E-state index < -0.39 is 0 Å². The number of hydrogen-bond donors (Lipinski definition) is 2. The smallest absolute Gasteiger partial charge is 0.232 e. The molecule has 3 rings (SSSR count). The molecule has 0 amide bonds. The Morgan fingerprint density at radius 1 is 1.35 bits per heavy atom. The average Bonchev–Trinajstić information content (AvgIpc) is 2.72. The van der Waals surface area contributed by atoms with Crippen molar-refractivity contribution in [3.8, 4) is 5.88 Å². The molecule has 3 N–H and O–H groups in total. The monoisotopic (exact) mass is 274 g/mol. The first kappa shape index (κ1) is 13.3. The normalized spacial score (nSPS) is 34.1. The summed E-state index contributed by atoms with van der Waals surface area (Å²) in [6.45, 7) is 7.05. The molecule has 1 heterocycles. The first-order valence-electron chi connectivity index (χ1n) is 7.18. The van der Waals surface area contributed by atoms with Crippen molar-refractivity contribution in [1.82, 2.24) is 9.97 Å². The predicted octanol–water partition coefficient (Wildman–Crippen LogP) is 2.35. The van der Waals surface area contributed by atoms with Crippen molar-refractivity contribution >= 4 is 5.84 Å². The number of ether oxygens (including phenoxy) is 1. The molecule has 108 valence electrons. The zero-order chi connectivity index (χ0) is 14.5. The van der Waals surface area contributed by atoms with Gasteiger partial charge in [0.05, 0.1) is 12.4 Å². The van der Waals surface area contributed by atoms with E-state index in [0.29, 0.717) is 17.0 Å². The van der Waals surface area contributed by atoms with Crippen LogP contribution >= 0.6 is 0 Å². The summed E-state index contributed by atoms with van der Waals surface area (Å²) < 4.78 is 6.10. The zero-order valence-corrected chi connectivity index (χ0v) is 12.3. The Labute approximate surface area is 119 Å². The highest BCUT2D eigenvalue weighted by Crippen LogP contribution is 2.66. The van der Waals surface area contributed by atoms with Gasteiger partial charge in [0.2, 0.25) is 5.88 Å². The molecule has 3 atom stereocenters. The fourth-order valence-corrected chi connectivity index (χ4v) is 3.97. The van der Waals surface area contributed by atoms with Gasteiger partial charge in [0.1, 0.15) is 17.6 Å². The molecule has 0 saturated heterocycles. The maximum absolute atomic E-state index is 7.31. The van der Waals surface area contributed by atoms with Gasteiger partial charge in [-0.2, -0.15) is 0 Å². The van der Waals surface area contributed by atoms with Crippen molar-refractivity contribution in [2.45, 2.75) is 46.1 Å². The fraction of sp³-hybridized carbons (Fsp3) is 0.667. The van der Waals surface area contributed by atoms with E-state index in [2.05, 4.69) is 30.7 Å². The van der Waals surface area contributed by atoms with Crippen molar-refractivity contribution in [3.05, 3.63) is 18.1 Å². The lowest BCUT2D eigenvalue weighted by molar-refractivity contribution is 0.0270. The third-order valence-electron chi connectivity index (χ3n) is 5.88. The van der Waals surface area contributed by atoms with Crippen LogP contribution in [0, 0.1) is 22.2 Å². The number of amidine groups is 1. The van der Waals surface area contributed by atoms with Gasteiger partial charge in [-0.3, -0.25) is 5.41 Å². The topological polar surface area (TPSA) is 84.9 Å². The summed E-state index contributed by atoms with van der Waals surface area (Å²) in [6.07, 6.45) is 6.89. The highest BCUT2D eigenvalue weighted by atomic mass is 16.5. The quantitative estimate of drug-likeness (QED) is 0.654. The SMILES string of the molecule is CC1(C)C2CCC1(C)C(Oc1cnc(C(=N)N)cn1)C2. The summed E-state index contributed by atoms with van der Waals surface area (Å²) in [4.78, 5) is 8.32. The number of nitrogen functional groups attached to an aromatic ring is 1. The minimum Gasteiger partial charge on any atom is -0.473 e. The molecular formula is C15H22N4O. The van der Waals surface area contributed by atoms with Crippen LogP contribution in [0.1, 0.15) is 45.7 Å². The Morgan fingerprint density at radius 3 is 2.55 bits per heavy atom. The van der Waals surface area contributed by atoms with Crippen LogP contribution in [0.3, 0.4) is 0 Å². The maximum atomic E-state index is 7.31. The molecule has 2 saturated carbocycles. The summed E-state index contributed by atoms with van der Waals surface area (Å²) in [5.74, 6) is 1.20. The van der Waals surface area contributed by atoms with Gasteiger partial charge < -0.3 is 10.5 Å². The van der Waals surface area contributed by atoms with E-state index in [4.69, 9.17) is 15.9 Å². The number of nitrogens with one attached hydrogen (secondary N) is 1. The average molecular weight is 274 g/mol. The summed E-state index contributed by atoms with van der Waals surface area (Å²) in [5, 5.41) is 7.31. The van der Waals surface area contributed by atoms with E-state index in [9.17, 15) is 0 Å². The van der Waals surface area contributed by atoms with Crippen LogP contribution in [0.5, 0.6) is 5.88 Å².